The van der Waals surface area contributed by atoms with Crippen molar-refractivity contribution >= 4 is 17.4 Å². The molecule has 164 valence electrons. The Morgan fingerprint density at radius 3 is 2.45 bits per heavy atom. The summed E-state index contributed by atoms with van der Waals surface area (Å²) >= 11 is 0. The molecule has 0 spiro atoms. The molecule has 0 radical (unpaired) electrons. The lowest BCUT2D eigenvalue weighted by Gasteiger charge is -2.36. The molecular weight excluding hydrogens is 400 g/mol. The Labute approximate surface area is 180 Å². The van der Waals surface area contributed by atoms with Gasteiger partial charge in [0.1, 0.15) is 11.6 Å². The molecule has 1 aliphatic heterocycles. The fourth-order valence-corrected chi connectivity index (χ4v) is 3.81. The molecule has 1 aliphatic rings. The Morgan fingerprint density at radius 2 is 1.84 bits per heavy atom. The molecule has 2 amide bonds. The van der Waals surface area contributed by atoms with Crippen LogP contribution in [0, 0.1) is 17.0 Å². The van der Waals surface area contributed by atoms with E-state index >= 15 is 0 Å². The first kappa shape index (κ1) is 22.6. The van der Waals surface area contributed by atoms with Crippen LogP contribution in [0.25, 0.3) is 5.57 Å². The van der Waals surface area contributed by atoms with E-state index in [1.165, 1.54) is 0 Å². The molecule has 2 aromatic carbocycles. The molecule has 0 aliphatic carbocycles. The smallest absolute Gasteiger partial charge is 0.241 e. The van der Waals surface area contributed by atoms with Crippen molar-refractivity contribution < 1.29 is 18.4 Å². The Bertz CT molecular complexity index is 1000. The maximum Gasteiger partial charge on any atom is 0.241 e. The molecule has 0 saturated heterocycles. The van der Waals surface area contributed by atoms with E-state index in [1.807, 2.05) is 51.1 Å². The Balaban J connectivity index is 2.00. The number of halogens is 2. The lowest BCUT2D eigenvalue weighted by Crippen LogP contribution is -2.54. The normalized spacial score (nSPS) is 17.4. The van der Waals surface area contributed by atoms with Crippen molar-refractivity contribution in [1.82, 2.24) is 10.2 Å². The van der Waals surface area contributed by atoms with Gasteiger partial charge in [-0.15, -0.1) is 0 Å². The minimum Gasteiger partial charge on any atom is -0.369 e. The predicted molar refractivity (Wildman–Crippen MR) is 116 cm³/mol. The Hall–Kier alpha value is -3.06. The van der Waals surface area contributed by atoms with E-state index in [1.54, 1.807) is 11.0 Å². The second kappa shape index (κ2) is 8.98. The van der Waals surface area contributed by atoms with Crippen LogP contribution in [0.15, 0.2) is 54.6 Å². The summed E-state index contributed by atoms with van der Waals surface area (Å²) in [7, 11) is 0. The summed E-state index contributed by atoms with van der Waals surface area (Å²) in [4.78, 5) is 26.6. The first-order valence-corrected chi connectivity index (χ1v) is 10.1. The van der Waals surface area contributed by atoms with Gasteiger partial charge in [-0.3, -0.25) is 14.9 Å². The van der Waals surface area contributed by atoms with Gasteiger partial charge in [-0.2, -0.15) is 0 Å². The summed E-state index contributed by atoms with van der Waals surface area (Å²) in [5.74, 6) is -1.91. The topological polar surface area (TPSA) is 75.4 Å². The lowest BCUT2D eigenvalue weighted by atomic mass is 9.85. The number of hydrogen-bond donors (Lipinski definition) is 2. The number of carbonyl (C=O) groups is 2. The number of hydrogen-bond acceptors (Lipinski definition) is 3. The van der Waals surface area contributed by atoms with Gasteiger partial charge in [0, 0.05) is 12.1 Å². The van der Waals surface area contributed by atoms with Gasteiger partial charge in [0.05, 0.1) is 18.6 Å². The molecule has 1 heterocycles. The summed E-state index contributed by atoms with van der Waals surface area (Å²) in [5.41, 5.74) is 6.27. The molecule has 7 heteroatoms. The monoisotopic (exact) mass is 427 g/mol. The number of nitrogens with zero attached hydrogens (tertiary/aromatic N) is 1. The van der Waals surface area contributed by atoms with Gasteiger partial charge in [0.25, 0.3) is 0 Å². The van der Waals surface area contributed by atoms with E-state index < -0.39 is 35.0 Å². The maximum atomic E-state index is 14.5. The van der Waals surface area contributed by atoms with Gasteiger partial charge < -0.3 is 10.6 Å². The van der Waals surface area contributed by atoms with Gasteiger partial charge in [-0.05, 0) is 34.8 Å². The molecule has 2 atom stereocenters. The molecular formula is C24H27F2N3O2. The number of primary amides is 1. The number of rotatable bonds is 6. The predicted octanol–water partition coefficient (Wildman–Crippen LogP) is 3.42. The molecule has 0 unspecified atom stereocenters. The van der Waals surface area contributed by atoms with Crippen LogP contribution in [0.1, 0.15) is 37.9 Å². The number of carbonyl (C=O) groups excluding carboxylic acids is 2. The van der Waals surface area contributed by atoms with Gasteiger partial charge in [0.2, 0.25) is 11.8 Å². The first-order chi connectivity index (χ1) is 14.6. The zero-order chi connectivity index (χ0) is 22.8. The number of amides is 2. The van der Waals surface area contributed by atoms with E-state index in [4.69, 9.17) is 5.73 Å². The highest BCUT2D eigenvalue weighted by molar-refractivity contribution is 5.88. The minimum absolute atomic E-state index is 0.115. The van der Waals surface area contributed by atoms with Gasteiger partial charge in [-0.1, -0.05) is 57.2 Å². The van der Waals surface area contributed by atoms with Crippen molar-refractivity contribution in [1.29, 1.82) is 0 Å². The van der Waals surface area contributed by atoms with Crippen molar-refractivity contribution in [3.05, 3.63) is 77.4 Å². The molecule has 5 nitrogen and oxygen atoms in total. The zero-order valence-electron chi connectivity index (χ0n) is 17.9. The van der Waals surface area contributed by atoms with Crippen molar-refractivity contribution in [2.45, 2.75) is 32.9 Å². The third kappa shape index (κ3) is 5.17. The zero-order valence-corrected chi connectivity index (χ0v) is 17.9. The molecule has 3 rings (SSSR count). The van der Waals surface area contributed by atoms with Gasteiger partial charge in [0.15, 0.2) is 0 Å². The Morgan fingerprint density at radius 1 is 1.16 bits per heavy atom. The van der Waals surface area contributed by atoms with Crippen molar-refractivity contribution in [2.75, 3.05) is 13.1 Å². The fourth-order valence-electron chi connectivity index (χ4n) is 3.81. The minimum atomic E-state index is -0.698. The summed E-state index contributed by atoms with van der Waals surface area (Å²) in [5, 5.41) is 2.96. The van der Waals surface area contributed by atoms with Crippen molar-refractivity contribution in [3.8, 4) is 0 Å². The molecule has 2 aromatic rings. The fraction of sp³-hybridized carbons (Fsp3) is 0.333. The summed E-state index contributed by atoms with van der Waals surface area (Å²) < 4.78 is 28.3. The first-order valence-electron chi connectivity index (χ1n) is 10.1. The quantitative estimate of drug-likeness (QED) is 0.742. The summed E-state index contributed by atoms with van der Waals surface area (Å²) in [6.45, 7) is 5.63. The van der Waals surface area contributed by atoms with E-state index in [-0.39, 0.29) is 24.6 Å². The molecule has 0 saturated carbocycles. The molecule has 3 N–H and O–H groups in total. The third-order valence-corrected chi connectivity index (χ3v) is 5.33. The van der Waals surface area contributed by atoms with Crippen LogP contribution >= 0.6 is 0 Å². The summed E-state index contributed by atoms with van der Waals surface area (Å²) in [6, 6.07) is 11.5. The van der Waals surface area contributed by atoms with Gasteiger partial charge >= 0.3 is 0 Å². The van der Waals surface area contributed by atoms with Crippen LogP contribution < -0.4 is 11.1 Å². The Kier molecular flexibility index (Phi) is 6.55. The molecule has 31 heavy (non-hydrogen) atoms. The van der Waals surface area contributed by atoms with Crippen LogP contribution in [-0.2, 0) is 9.59 Å². The van der Waals surface area contributed by atoms with Crippen LogP contribution in [0.2, 0.25) is 0 Å². The van der Waals surface area contributed by atoms with E-state index in [9.17, 15) is 18.4 Å². The molecule has 0 fully saturated rings. The SMILES string of the molecule is CC(C)(C)[C@H](NCC(N)=O)C(=O)N1CC(c2cc(F)ccc2F)=C[C@H]1c1ccccc1. The van der Waals surface area contributed by atoms with Crippen molar-refractivity contribution in [2.24, 2.45) is 11.1 Å². The van der Waals surface area contributed by atoms with Crippen LogP contribution in [0.5, 0.6) is 0 Å². The van der Waals surface area contributed by atoms with Crippen LogP contribution in [0.4, 0.5) is 8.78 Å². The van der Waals surface area contributed by atoms with Crippen LogP contribution in [0.3, 0.4) is 0 Å². The highest BCUT2D eigenvalue weighted by atomic mass is 19.1. The molecule has 0 aromatic heterocycles. The number of nitrogens with one attached hydrogen (secondary N) is 1. The average Bonchev–Trinajstić information content (AvgIpc) is 3.14. The second-order valence-corrected chi connectivity index (χ2v) is 8.78. The van der Waals surface area contributed by atoms with E-state index in [0.717, 1.165) is 23.8 Å². The second-order valence-electron chi connectivity index (χ2n) is 8.78. The highest BCUT2D eigenvalue weighted by Gasteiger charge is 2.39. The summed E-state index contributed by atoms with van der Waals surface area (Å²) in [6.07, 6.45) is 1.79. The standard InChI is InChI=1S/C24H27F2N3O2/c1-24(2,3)22(28-13-21(27)30)23(31)29-14-16(18-12-17(25)9-10-19(18)26)11-20(29)15-7-5-4-6-8-15/h4-12,20,22,28H,13-14H2,1-3H3,(H2,27,30)/t20-,22+/m0/s1. The number of nitrogens with two attached hydrogens (primary N) is 1. The van der Waals surface area contributed by atoms with E-state index in [0.29, 0.717) is 5.57 Å². The molecule has 0 bridgehead atoms. The lowest BCUT2D eigenvalue weighted by molar-refractivity contribution is -0.136. The van der Waals surface area contributed by atoms with Crippen molar-refractivity contribution in [3.63, 3.8) is 0 Å². The number of benzene rings is 2. The maximum absolute atomic E-state index is 14.5. The van der Waals surface area contributed by atoms with Gasteiger partial charge in [-0.25, -0.2) is 8.78 Å². The highest BCUT2D eigenvalue weighted by Crippen LogP contribution is 2.37. The largest absolute Gasteiger partial charge is 0.369 e. The van der Waals surface area contributed by atoms with Crippen LogP contribution in [-0.4, -0.2) is 35.8 Å². The average molecular weight is 427 g/mol. The van der Waals surface area contributed by atoms with E-state index in [2.05, 4.69) is 5.32 Å². The third-order valence-electron chi connectivity index (χ3n) is 5.33.